The molecule has 1 aliphatic rings. The van der Waals surface area contributed by atoms with Crippen molar-refractivity contribution in [3.05, 3.63) is 12.1 Å². The van der Waals surface area contributed by atoms with Crippen molar-refractivity contribution >= 4 is 17.0 Å². The van der Waals surface area contributed by atoms with Crippen LogP contribution >= 0.6 is 0 Å². The van der Waals surface area contributed by atoms with E-state index in [1.807, 2.05) is 19.1 Å². The highest BCUT2D eigenvalue weighted by atomic mass is 16.7. The molecular formula is C10H11N3O2. The second-order valence-corrected chi connectivity index (χ2v) is 3.34. The largest absolute Gasteiger partial charge is 0.454 e. The highest BCUT2D eigenvalue weighted by molar-refractivity contribution is 5.81. The number of anilines is 1. The number of benzene rings is 1. The summed E-state index contributed by atoms with van der Waals surface area (Å²) in [5, 5.41) is 3.12. The van der Waals surface area contributed by atoms with E-state index in [9.17, 15) is 0 Å². The quantitative estimate of drug-likeness (QED) is 0.783. The molecule has 5 heteroatoms. The predicted molar refractivity (Wildman–Crippen MR) is 56.4 cm³/mol. The summed E-state index contributed by atoms with van der Waals surface area (Å²) in [7, 11) is 0. The van der Waals surface area contributed by atoms with Crippen LogP contribution in [0.15, 0.2) is 12.1 Å². The van der Waals surface area contributed by atoms with Gasteiger partial charge in [0.05, 0.1) is 11.0 Å². The zero-order valence-corrected chi connectivity index (χ0v) is 8.33. The fourth-order valence-electron chi connectivity index (χ4n) is 1.65. The standard InChI is InChI=1S/C10H11N3O2/c1-2-11-10-12-6-3-8-9(15-5-14-8)4-7(6)13-10/h3-4H,2,5H2,1H3,(H2,11,12,13). The Balaban J connectivity index is 2.12. The van der Waals surface area contributed by atoms with Crippen molar-refractivity contribution in [1.29, 1.82) is 0 Å². The van der Waals surface area contributed by atoms with Gasteiger partial charge in [0.15, 0.2) is 11.5 Å². The molecule has 1 aromatic carbocycles. The summed E-state index contributed by atoms with van der Waals surface area (Å²) in [5.74, 6) is 2.31. The van der Waals surface area contributed by atoms with Gasteiger partial charge in [0.1, 0.15) is 0 Å². The second kappa shape index (κ2) is 3.05. The molecule has 0 fully saturated rings. The van der Waals surface area contributed by atoms with E-state index in [0.717, 1.165) is 35.0 Å². The summed E-state index contributed by atoms with van der Waals surface area (Å²) in [6, 6.07) is 3.79. The lowest BCUT2D eigenvalue weighted by molar-refractivity contribution is 0.174. The van der Waals surface area contributed by atoms with Gasteiger partial charge in [0, 0.05) is 18.7 Å². The highest BCUT2D eigenvalue weighted by Gasteiger charge is 2.15. The molecule has 0 radical (unpaired) electrons. The Kier molecular flexibility index (Phi) is 1.71. The fourth-order valence-corrected chi connectivity index (χ4v) is 1.65. The minimum atomic E-state index is 0.294. The van der Waals surface area contributed by atoms with Crippen LogP contribution < -0.4 is 14.8 Å². The molecule has 0 unspecified atom stereocenters. The average molecular weight is 205 g/mol. The normalized spacial score (nSPS) is 13.4. The molecule has 0 aliphatic carbocycles. The number of ether oxygens (including phenoxy) is 2. The zero-order chi connectivity index (χ0) is 10.3. The number of aromatic amines is 1. The van der Waals surface area contributed by atoms with E-state index >= 15 is 0 Å². The molecule has 0 saturated carbocycles. The average Bonchev–Trinajstić information content (AvgIpc) is 2.78. The van der Waals surface area contributed by atoms with Gasteiger partial charge < -0.3 is 19.8 Å². The summed E-state index contributed by atoms with van der Waals surface area (Å²) < 4.78 is 10.6. The Hall–Kier alpha value is -1.91. The van der Waals surface area contributed by atoms with Crippen LogP contribution in [0.1, 0.15) is 6.92 Å². The van der Waals surface area contributed by atoms with E-state index in [0.29, 0.717) is 6.79 Å². The van der Waals surface area contributed by atoms with Crippen molar-refractivity contribution in [3.63, 3.8) is 0 Å². The van der Waals surface area contributed by atoms with Crippen LogP contribution in [0.4, 0.5) is 5.95 Å². The van der Waals surface area contributed by atoms with Gasteiger partial charge >= 0.3 is 0 Å². The van der Waals surface area contributed by atoms with Crippen LogP contribution in [0.3, 0.4) is 0 Å². The number of rotatable bonds is 2. The van der Waals surface area contributed by atoms with Gasteiger partial charge in [0.25, 0.3) is 0 Å². The predicted octanol–water partition coefficient (Wildman–Crippen LogP) is 1.72. The maximum atomic E-state index is 5.29. The minimum Gasteiger partial charge on any atom is -0.454 e. The first-order chi connectivity index (χ1) is 7.36. The molecule has 0 bridgehead atoms. The Morgan fingerprint density at radius 2 is 2.20 bits per heavy atom. The molecule has 15 heavy (non-hydrogen) atoms. The van der Waals surface area contributed by atoms with E-state index in [1.54, 1.807) is 0 Å². The minimum absolute atomic E-state index is 0.294. The van der Waals surface area contributed by atoms with Crippen molar-refractivity contribution in [2.24, 2.45) is 0 Å². The number of nitrogens with zero attached hydrogens (tertiary/aromatic N) is 1. The lowest BCUT2D eigenvalue weighted by atomic mass is 10.3. The van der Waals surface area contributed by atoms with E-state index in [1.165, 1.54) is 0 Å². The third-order valence-electron chi connectivity index (χ3n) is 2.32. The van der Waals surface area contributed by atoms with Crippen molar-refractivity contribution in [2.75, 3.05) is 18.7 Å². The Morgan fingerprint density at radius 3 is 3.00 bits per heavy atom. The van der Waals surface area contributed by atoms with Gasteiger partial charge in [-0.25, -0.2) is 4.98 Å². The Morgan fingerprint density at radius 1 is 1.40 bits per heavy atom. The number of hydrogen-bond donors (Lipinski definition) is 2. The third-order valence-corrected chi connectivity index (χ3v) is 2.32. The first-order valence-corrected chi connectivity index (χ1v) is 4.90. The third kappa shape index (κ3) is 1.27. The van der Waals surface area contributed by atoms with Crippen LogP contribution in [0.2, 0.25) is 0 Å². The van der Waals surface area contributed by atoms with Gasteiger partial charge in [-0.05, 0) is 6.92 Å². The number of H-pyrrole nitrogens is 1. The molecular weight excluding hydrogens is 194 g/mol. The van der Waals surface area contributed by atoms with E-state index in [2.05, 4.69) is 15.3 Å². The Bertz CT molecular complexity index is 466. The number of aromatic nitrogens is 2. The molecule has 1 aromatic heterocycles. The summed E-state index contributed by atoms with van der Waals surface area (Å²) >= 11 is 0. The molecule has 3 rings (SSSR count). The van der Waals surface area contributed by atoms with Gasteiger partial charge in [-0.1, -0.05) is 0 Å². The van der Waals surface area contributed by atoms with Crippen molar-refractivity contribution in [3.8, 4) is 11.5 Å². The molecule has 0 amide bonds. The molecule has 2 heterocycles. The molecule has 2 aromatic rings. The van der Waals surface area contributed by atoms with Crippen LogP contribution in [-0.2, 0) is 0 Å². The molecule has 1 aliphatic heterocycles. The molecule has 78 valence electrons. The van der Waals surface area contributed by atoms with Crippen LogP contribution in [0, 0.1) is 0 Å². The summed E-state index contributed by atoms with van der Waals surface area (Å²) in [6.45, 7) is 3.16. The van der Waals surface area contributed by atoms with Crippen molar-refractivity contribution < 1.29 is 9.47 Å². The smallest absolute Gasteiger partial charge is 0.231 e. The molecule has 0 spiro atoms. The zero-order valence-electron chi connectivity index (χ0n) is 8.33. The lowest BCUT2D eigenvalue weighted by Crippen LogP contribution is -1.97. The van der Waals surface area contributed by atoms with Gasteiger partial charge in [-0.15, -0.1) is 0 Å². The maximum absolute atomic E-state index is 5.29. The first kappa shape index (κ1) is 8.40. The second-order valence-electron chi connectivity index (χ2n) is 3.34. The fraction of sp³-hybridized carbons (Fsp3) is 0.300. The maximum Gasteiger partial charge on any atom is 0.231 e. The number of fused-ring (bicyclic) bond motifs is 2. The molecule has 0 saturated heterocycles. The topological polar surface area (TPSA) is 59.2 Å². The van der Waals surface area contributed by atoms with E-state index in [-0.39, 0.29) is 0 Å². The van der Waals surface area contributed by atoms with Gasteiger partial charge in [-0.2, -0.15) is 0 Å². The Labute approximate surface area is 86.4 Å². The van der Waals surface area contributed by atoms with Crippen LogP contribution in [0.5, 0.6) is 11.5 Å². The highest BCUT2D eigenvalue weighted by Crippen LogP contribution is 2.35. The van der Waals surface area contributed by atoms with E-state index in [4.69, 9.17) is 9.47 Å². The monoisotopic (exact) mass is 205 g/mol. The lowest BCUT2D eigenvalue weighted by Gasteiger charge is -1.93. The molecule has 0 atom stereocenters. The van der Waals surface area contributed by atoms with E-state index < -0.39 is 0 Å². The van der Waals surface area contributed by atoms with Gasteiger partial charge in [-0.3, -0.25) is 0 Å². The first-order valence-electron chi connectivity index (χ1n) is 4.90. The number of nitrogens with one attached hydrogen (secondary N) is 2. The SMILES string of the molecule is CCNc1nc2cc3c(cc2[nH]1)OCO3. The van der Waals surface area contributed by atoms with Gasteiger partial charge in [0.2, 0.25) is 12.7 Å². The number of imidazole rings is 1. The number of hydrogen-bond acceptors (Lipinski definition) is 4. The summed E-state index contributed by atoms with van der Waals surface area (Å²) in [5.41, 5.74) is 1.84. The van der Waals surface area contributed by atoms with Crippen LogP contribution in [0.25, 0.3) is 11.0 Å². The van der Waals surface area contributed by atoms with Crippen molar-refractivity contribution in [2.45, 2.75) is 6.92 Å². The molecule has 5 nitrogen and oxygen atoms in total. The summed E-state index contributed by atoms with van der Waals surface area (Å²) in [4.78, 5) is 7.55. The summed E-state index contributed by atoms with van der Waals surface area (Å²) in [6.07, 6.45) is 0. The van der Waals surface area contributed by atoms with Crippen LogP contribution in [-0.4, -0.2) is 23.3 Å². The van der Waals surface area contributed by atoms with Crippen molar-refractivity contribution in [1.82, 2.24) is 9.97 Å². The molecule has 2 N–H and O–H groups in total.